The molecule has 0 saturated carbocycles. The van der Waals surface area contributed by atoms with Gasteiger partial charge in [-0.25, -0.2) is 10.9 Å². The summed E-state index contributed by atoms with van der Waals surface area (Å²) in [4.78, 5) is 14.9. The van der Waals surface area contributed by atoms with Gasteiger partial charge in [0.2, 0.25) is 5.91 Å². The highest BCUT2D eigenvalue weighted by atomic mass is 16.3. The Kier molecular flexibility index (Phi) is 6.26. The Morgan fingerprint density at radius 3 is 2.54 bits per heavy atom. The number of benzene rings is 2. The van der Waals surface area contributed by atoms with Crippen molar-refractivity contribution < 1.29 is 9.90 Å². The number of nitrogens with zero attached hydrogens (tertiary/aromatic N) is 1. The molecule has 0 aliphatic carbocycles. The van der Waals surface area contributed by atoms with Crippen LogP contribution < -0.4 is 10.9 Å². The van der Waals surface area contributed by atoms with Crippen molar-refractivity contribution in [1.29, 1.82) is 0 Å². The maximum absolute atomic E-state index is 13.0. The number of rotatable bonds is 7. The molecule has 1 aliphatic rings. The molecule has 2 unspecified atom stereocenters. The summed E-state index contributed by atoms with van der Waals surface area (Å²) in [6, 6.07) is 17.2. The van der Waals surface area contributed by atoms with E-state index in [9.17, 15) is 9.90 Å². The average molecular weight is 353 g/mol. The lowest BCUT2D eigenvalue weighted by atomic mass is 10.0. The second-order valence-electron chi connectivity index (χ2n) is 6.75. The van der Waals surface area contributed by atoms with Crippen LogP contribution in [0.5, 0.6) is 5.75 Å². The van der Waals surface area contributed by atoms with Crippen LogP contribution >= 0.6 is 0 Å². The van der Waals surface area contributed by atoms with Gasteiger partial charge in [-0.15, -0.1) is 0 Å². The van der Waals surface area contributed by atoms with Gasteiger partial charge in [0.15, 0.2) is 0 Å². The minimum absolute atomic E-state index is 0.0669. The number of para-hydroxylation sites is 1. The molecule has 1 heterocycles. The maximum Gasteiger partial charge on any atom is 0.241 e. The number of carbonyl (C=O) groups is 1. The van der Waals surface area contributed by atoms with E-state index in [1.54, 1.807) is 12.1 Å². The molecular weight excluding hydrogens is 326 g/mol. The second-order valence-corrected chi connectivity index (χ2v) is 6.75. The lowest BCUT2D eigenvalue weighted by Gasteiger charge is -2.25. The Labute approximate surface area is 155 Å². The standard InChI is InChI=1S/C21H27N3O2/c1-2-13-24(14-12-16-8-4-3-5-9-16)21(26)19-15-18(22-23-19)17-10-6-7-11-20(17)25/h3-11,18-19,22-23,25H,2,12-15H2,1H3. The summed E-state index contributed by atoms with van der Waals surface area (Å²) in [5.41, 5.74) is 8.34. The predicted molar refractivity (Wildman–Crippen MR) is 103 cm³/mol. The molecule has 2 atom stereocenters. The zero-order chi connectivity index (χ0) is 18.4. The molecule has 3 N–H and O–H groups in total. The molecule has 26 heavy (non-hydrogen) atoms. The van der Waals surface area contributed by atoms with Crippen molar-refractivity contribution >= 4 is 5.91 Å². The fourth-order valence-electron chi connectivity index (χ4n) is 3.44. The van der Waals surface area contributed by atoms with Gasteiger partial charge in [-0.05, 0) is 30.9 Å². The predicted octanol–water partition coefficient (Wildman–Crippen LogP) is 2.78. The van der Waals surface area contributed by atoms with E-state index in [1.807, 2.05) is 35.2 Å². The number of hydrogen-bond donors (Lipinski definition) is 3. The van der Waals surface area contributed by atoms with Crippen LogP contribution in [0.2, 0.25) is 0 Å². The van der Waals surface area contributed by atoms with E-state index in [0.717, 1.165) is 31.5 Å². The van der Waals surface area contributed by atoms with Crippen LogP contribution in [0.25, 0.3) is 0 Å². The van der Waals surface area contributed by atoms with Crippen molar-refractivity contribution in [2.45, 2.75) is 38.3 Å². The van der Waals surface area contributed by atoms with Gasteiger partial charge in [-0.2, -0.15) is 0 Å². The maximum atomic E-state index is 13.0. The molecule has 0 aromatic heterocycles. The van der Waals surface area contributed by atoms with Gasteiger partial charge in [0.25, 0.3) is 0 Å². The molecule has 3 rings (SSSR count). The number of phenols is 1. The third kappa shape index (κ3) is 4.42. The summed E-state index contributed by atoms with van der Waals surface area (Å²) in [6.07, 6.45) is 2.42. The van der Waals surface area contributed by atoms with Crippen molar-refractivity contribution in [1.82, 2.24) is 15.8 Å². The minimum Gasteiger partial charge on any atom is -0.508 e. The Morgan fingerprint density at radius 1 is 1.08 bits per heavy atom. The second kappa shape index (κ2) is 8.83. The van der Waals surface area contributed by atoms with Gasteiger partial charge in [-0.3, -0.25) is 4.79 Å². The van der Waals surface area contributed by atoms with Crippen LogP contribution in [-0.2, 0) is 11.2 Å². The molecule has 1 amide bonds. The van der Waals surface area contributed by atoms with E-state index >= 15 is 0 Å². The van der Waals surface area contributed by atoms with Crippen LogP contribution in [-0.4, -0.2) is 35.0 Å². The fourth-order valence-corrected chi connectivity index (χ4v) is 3.44. The number of phenolic OH excluding ortho intramolecular Hbond substituents is 1. The van der Waals surface area contributed by atoms with Gasteiger partial charge in [-0.1, -0.05) is 55.5 Å². The van der Waals surface area contributed by atoms with E-state index in [-0.39, 0.29) is 23.7 Å². The number of hydrazine groups is 1. The molecule has 0 spiro atoms. The lowest BCUT2D eigenvalue weighted by molar-refractivity contribution is -0.133. The molecule has 138 valence electrons. The number of carbonyl (C=O) groups excluding carboxylic acids is 1. The summed E-state index contributed by atoms with van der Waals surface area (Å²) in [5.74, 6) is 0.377. The van der Waals surface area contributed by atoms with Gasteiger partial charge in [0.05, 0.1) is 6.04 Å². The Morgan fingerprint density at radius 2 is 1.81 bits per heavy atom. The quantitative estimate of drug-likeness (QED) is 0.716. The van der Waals surface area contributed by atoms with E-state index in [4.69, 9.17) is 0 Å². The monoisotopic (exact) mass is 353 g/mol. The van der Waals surface area contributed by atoms with Gasteiger partial charge in [0, 0.05) is 18.7 Å². The lowest BCUT2D eigenvalue weighted by Crippen LogP contribution is -2.46. The highest BCUT2D eigenvalue weighted by Gasteiger charge is 2.33. The van der Waals surface area contributed by atoms with Crippen LogP contribution in [0.1, 0.15) is 36.9 Å². The third-order valence-electron chi connectivity index (χ3n) is 4.83. The van der Waals surface area contributed by atoms with E-state index < -0.39 is 0 Å². The molecule has 1 fully saturated rings. The van der Waals surface area contributed by atoms with E-state index in [2.05, 4.69) is 29.9 Å². The zero-order valence-corrected chi connectivity index (χ0v) is 15.2. The number of aromatic hydroxyl groups is 1. The highest BCUT2D eigenvalue weighted by Crippen LogP contribution is 2.29. The molecule has 2 aromatic carbocycles. The Hall–Kier alpha value is -2.37. The topological polar surface area (TPSA) is 64.6 Å². The normalized spacial score (nSPS) is 19.4. The Balaban J connectivity index is 1.61. The summed E-state index contributed by atoms with van der Waals surface area (Å²) >= 11 is 0. The molecule has 2 aromatic rings. The highest BCUT2D eigenvalue weighted by molar-refractivity contribution is 5.82. The van der Waals surface area contributed by atoms with Gasteiger partial charge in [0.1, 0.15) is 11.8 Å². The van der Waals surface area contributed by atoms with Crippen molar-refractivity contribution in [2.24, 2.45) is 0 Å². The van der Waals surface area contributed by atoms with E-state index in [0.29, 0.717) is 6.42 Å². The molecule has 1 aliphatic heterocycles. The van der Waals surface area contributed by atoms with Crippen LogP contribution in [0.15, 0.2) is 54.6 Å². The molecular formula is C21H27N3O2. The first-order chi connectivity index (χ1) is 12.7. The molecule has 1 saturated heterocycles. The van der Waals surface area contributed by atoms with Crippen molar-refractivity contribution in [3.63, 3.8) is 0 Å². The molecule has 5 heteroatoms. The van der Waals surface area contributed by atoms with E-state index in [1.165, 1.54) is 5.56 Å². The summed E-state index contributed by atoms with van der Waals surface area (Å²) in [6.45, 7) is 3.56. The smallest absolute Gasteiger partial charge is 0.241 e. The summed E-state index contributed by atoms with van der Waals surface area (Å²) in [7, 11) is 0. The molecule has 0 radical (unpaired) electrons. The van der Waals surface area contributed by atoms with Crippen molar-refractivity contribution in [2.75, 3.05) is 13.1 Å². The molecule has 5 nitrogen and oxygen atoms in total. The summed E-state index contributed by atoms with van der Waals surface area (Å²) < 4.78 is 0. The number of amides is 1. The Bertz CT molecular complexity index is 720. The minimum atomic E-state index is -0.276. The SMILES string of the molecule is CCCN(CCc1ccccc1)C(=O)C1CC(c2ccccc2O)NN1. The number of nitrogens with one attached hydrogen (secondary N) is 2. The zero-order valence-electron chi connectivity index (χ0n) is 15.2. The van der Waals surface area contributed by atoms with Crippen molar-refractivity contribution in [3.8, 4) is 5.75 Å². The number of hydrogen-bond acceptors (Lipinski definition) is 4. The fraction of sp³-hybridized carbons (Fsp3) is 0.381. The van der Waals surface area contributed by atoms with Gasteiger partial charge >= 0.3 is 0 Å². The molecule has 0 bridgehead atoms. The van der Waals surface area contributed by atoms with Gasteiger partial charge < -0.3 is 10.0 Å². The largest absolute Gasteiger partial charge is 0.508 e. The first kappa shape index (κ1) is 18.4. The van der Waals surface area contributed by atoms with Crippen LogP contribution in [0.3, 0.4) is 0 Å². The summed E-state index contributed by atoms with van der Waals surface area (Å²) in [5, 5.41) is 10.0. The van der Waals surface area contributed by atoms with Crippen LogP contribution in [0.4, 0.5) is 0 Å². The third-order valence-corrected chi connectivity index (χ3v) is 4.83. The first-order valence-electron chi connectivity index (χ1n) is 9.30. The average Bonchev–Trinajstić information content (AvgIpc) is 3.15. The van der Waals surface area contributed by atoms with Crippen molar-refractivity contribution in [3.05, 3.63) is 65.7 Å². The van der Waals surface area contributed by atoms with Crippen LogP contribution in [0, 0.1) is 0 Å². The first-order valence-corrected chi connectivity index (χ1v) is 9.30.